The summed E-state index contributed by atoms with van der Waals surface area (Å²) in [7, 11) is 0. The van der Waals surface area contributed by atoms with Crippen LogP contribution in [0.5, 0.6) is 0 Å². The first-order valence-corrected chi connectivity index (χ1v) is 14.1. The number of rotatable bonds is 8. The van der Waals surface area contributed by atoms with Crippen LogP contribution in [-0.2, 0) is 9.59 Å². The molecule has 2 N–H and O–H groups in total. The second kappa shape index (κ2) is 10.5. The number of amides is 2. The summed E-state index contributed by atoms with van der Waals surface area (Å²) in [5, 5.41) is 3.38. The number of benzene rings is 1. The predicted molar refractivity (Wildman–Crippen MR) is 143 cm³/mol. The molecule has 2 saturated carbocycles. The van der Waals surface area contributed by atoms with Crippen LogP contribution in [0.15, 0.2) is 38.9 Å². The summed E-state index contributed by atoms with van der Waals surface area (Å²) in [6, 6.07) is 5.77. The molecule has 0 atom stereocenters. The maximum atomic E-state index is 13.3. The van der Waals surface area contributed by atoms with Crippen LogP contribution in [0.3, 0.4) is 0 Å². The number of hydrogen-bond acceptors (Lipinski definition) is 8. The summed E-state index contributed by atoms with van der Waals surface area (Å²) in [6.45, 7) is 2.14. The molecule has 3 aromatic rings. The van der Waals surface area contributed by atoms with Crippen molar-refractivity contribution in [2.75, 3.05) is 43.8 Å². The molecule has 1 saturated heterocycles. The third-order valence-corrected chi connectivity index (χ3v) is 8.12. The Labute approximate surface area is 226 Å². The number of H-pyrrole nitrogens is 1. The van der Waals surface area contributed by atoms with Crippen molar-refractivity contribution in [3.8, 4) is 0 Å². The fourth-order valence-electron chi connectivity index (χ4n) is 4.78. The first-order valence-electron chi connectivity index (χ1n) is 13.1. The van der Waals surface area contributed by atoms with Gasteiger partial charge in [0.25, 0.3) is 5.56 Å². The standard InChI is InChI=1S/C26H28FN7O4S/c27-16-2-1-3-17(12-16)28-19(35)13-32-8-10-33(11-9-32)20(36)14-39-25-21-23(29-22(30-25)15-4-5-15)34(18-6-7-18)26(38)31-24(21)37/h1-3,12,15,18H,4-11,13-14H2,(H,28,35)(H,31,37,38). The van der Waals surface area contributed by atoms with E-state index < -0.39 is 17.1 Å². The highest BCUT2D eigenvalue weighted by atomic mass is 32.2. The van der Waals surface area contributed by atoms with Crippen molar-refractivity contribution in [3.63, 3.8) is 0 Å². The van der Waals surface area contributed by atoms with Gasteiger partial charge in [-0.05, 0) is 43.9 Å². The average Bonchev–Trinajstić information content (AvgIpc) is 3.81. The fourth-order valence-corrected chi connectivity index (χ4v) is 5.71. The number of piperazine rings is 1. The number of hydrogen-bond donors (Lipinski definition) is 2. The minimum atomic E-state index is -0.533. The minimum absolute atomic E-state index is 0.0329. The van der Waals surface area contributed by atoms with E-state index in [1.807, 2.05) is 4.90 Å². The van der Waals surface area contributed by atoms with Gasteiger partial charge in [0, 0.05) is 43.8 Å². The Balaban J connectivity index is 1.09. The molecule has 0 radical (unpaired) electrons. The van der Waals surface area contributed by atoms with Gasteiger partial charge in [-0.15, -0.1) is 0 Å². The first kappa shape index (κ1) is 25.7. The second-order valence-corrected chi connectivity index (χ2v) is 11.2. The molecular weight excluding hydrogens is 525 g/mol. The van der Waals surface area contributed by atoms with E-state index in [1.165, 1.54) is 30.0 Å². The van der Waals surface area contributed by atoms with Crippen molar-refractivity contribution in [1.29, 1.82) is 0 Å². The lowest BCUT2D eigenvalue weighted by Gasteiger charge is -2.34. The van der Waals surface area contributed by atoms with Gasteiger partial charge in [0.15, 0.2) is 5.65 Å². The SMILES string of the molecule is O=C(CN1CCN(C(=O)CSc2nc(C3CC3)nc3c2c(=O)[nH]c(=O)n3C2CC2)CC1)Nc1cccc(F)c1. The first-order chi connectivity index (χ1) is 18.9. The molecule has 6 rings (SSSR count). The molecule has 2 amide bonds. The zero-order valence-electron chi connectivity index (χ0n) is 21.2. The number of carbonyl (C=O) groups excluding carboxylic acids is 2. The van der Waals surface area contributed by atoms with Crippen LogP contribution in [0.2, 0.25) is 0 Å². The van der Waals surface area contributed by atoms with Crippen LogP contribution in [0.1, 0.15) is 43.5 Å². The van der Waals surface area contributed by atoms with Gasteiger partial charge in [-0.3, -0.25) is 28.8 Å². The van der Waals surface area contributed by atoms with Gasteiger partial charge >= 0.3 is 5.69 Å². The molecule has 2 aromatic heterocycles. The number of aromatic amines is 1. The van der Waals surface area contributed by atoms with E-state index in [-0.39, 0.29) is 41.5 Å². The number of anilines is 1. The van der Waals surface area contributed by atoms with E-state index in [0.29, 0.717) is 48.4 Å². The van der Waals surface area contributed by atoms with Crippen LogP contribution in [0.4, 0.5) is 10.1 Å². The van der Waals surface area contributed by atoms with Crippen molar-refractivity contribution in [2.45, 2.75) is 42.7 Å². The van der Waals surface area contributed by atoms with Crippen molar-refractivity contribution >= 4 is 40.3 Å². The Kier molecular flexibility index (Phi) is 6.94. The Morgan fingerprint density at radius 2 is 1.85 bits per heavy atom. The van der Waals surface area contributed by atoms with Crippen LogP contribution in [-0.4, -0.2) is 79.6 Å². The van der Waals surface area contributed by atoms with Crippen molar-refractivity contribution < 1.29 is 14.0 Å². The minimum Gasteiger partial charge on any atom is -0.339 e. The van der Waals surface area contributed by atoms with Gasteiger partial charge < -0.3 is 10.2 Å². The molecule has 39 heavy (non-hydrogen) atoms. The molecule has 13 heteroatoms. The normalized spacial score (nSPS) is 17.9. The highest BCUT2D eigenvalue weighted by Gasteiger charge is 2.32. The van der Waals surface area contributed by atoms with Crippen LogP contribution >= 0.6 is 11.8 Å². The summed E-state index contributed by atoms with van der Waals surface area (Å²) in [5.74, 6) is 0.194. The van der Waals surface area contributed by atoms with Crippen molar-refractivity contribution in [2.24, 2.45) is 0 Å². The maximum absolute atomic E-state index is 13.3. The van der Waals surface area contributed by atoms with Crippen molar-refractivity contribution in [3.05, 3.63) is 56.7 Å². The lowest BCUT2D eigenvalue weighted by atomic mass is 10.3. The molecule has 1 aromatic carbocycles. The van der Waals surface area contributed by atoms with E-state index in [1.54, 1.807) is 15.5 Å². The number of nitrogens with zero attached hydrogens (tertiary/aromatic N) is 5. The monoisotopic (exact) mass is 553 g/mol. The third-order valence-electron chi connectivity index (χ3n) is 7.16. The largest absolute Gasteiger partial charge is 0.339 e. The topological polar surface area (TPSA) is 133 Å². The summed E-state index contributed by atoms with van der Waals surface area (Å²) in [5.41, 5.74) is -0.219. The molecule has 1 aliphatic heterocycles. The Morgan fingerprint density at radius 3 is 2.54 bits per heavy atom. The highest BCUT2D eigenvalue weighted by Crippen LogP contribution is 2.40. The Bertz CT molecular complexity index is 1560. The Morgan fingerprint density at radius 1 is 1.08 bits per heavy atom. The number of halogens is 1. The fraction of sp³-hybridized carbons (Fsp3) is 0.462. The number of carbonyl (C=O) groups is 2. The molecule has 2 aliphatic carbocycles. The summed E-state index contributed by atoms with van der Waals surface area (Å²) >= 11 is 1.20. The second-order valence-electron chi connectivity index (χ2n) is 10.2. The molecule has 3 aliphatic rings. The van der Waals surface area contributed by atoms with E-state index in [0.717, 1.165) is 25.7 Å². The van der Waals surface area contributed by atoms with Gasteiger partial charge in [0.2, 0.25) is 11.8 Å². The number of aromatic nitrogens is 4. The summed E-state index contributed by atoms with van der Waals surface area (Å²) < 4.78 is 14.9. The molecular formula is C26H28FN7O4S. The highest BCUT2D eigenvalue weighted by molar-refractivity contribution is 8.00. The van der Waals surface area contributed by atoms with Crippen LogP contribution in [0.25, 0.3) is 11.0 Å². The average molecular weight is 554 g/mol. The quantitative estimate of drug-likeness (QED) is 0.318. The van der Waals surface area contributed by atoms with Gasteiger partial charge in [-0.1, -0.05) is 17.8 Å². The Hall–Kier alpha value is -3.58. The third kappa shape index (κ3) is 5.74. The molecule has 3 heterocycles. The molecule has 0 unspecified atom stereocenters. The predicted octanol–water partition coefficient (Wildman–Crippen LogP) is 1.71. The molecule has 0 bridgehead atoms. The zero-order valence-corrected chi connectivity index (χ0v) is 22.0. The maximum Gasteiger partial charge on any atom is 0.330 e. The molecule has 204 valence electrons. The van der Waals surface area contributed by atoms with E-state index in [4.69, 9.17) is 0 Å². The molecule has 3 fully saturated rings. The number of nitrogens with one attached hydrogen (secondary N) is 2. The number of fused-ring (bicyclic) bond motifs is 1. The summed E-state index contributed by atoms with van der Waals surface area (Å²) in [4.78, 5) is 66.1. The van der Waals surface area contributed by atoms with Crippen LogP contribution < -0.4 is 16.6 Å². The van der Waals surface area contributed by atoms with E-state index in [9.17, 15) is 23.6 Å². The van der Waals surface area contributed by atoms with Gasteiger partial charge in [0.1, 0.15) is 22.1 Å². The lowest BCUT2D eigenvalue weighted by Crippen LogP contribution is -2.50. The molecule has 0 spiro atoms. The van der Waals surface area contributed by atoms with Gasteiger partial charge in [0.05, 0.1) is 12.3 Å². The van der Waals surface area contributed by atoms with Gasteiger partial charge in [-0.2, -0.15) is 0 Å². The van der Waals surface area contributed by atoms with Crippen molar-refractivity contribution in [1.82, 2.24) is 29.3 Å². The van der Waals surface area contributed by atoms with Gasteiger partial charge in [-0.25, -0.2) is 19.2 Å². The van der Waals surface area contributed by atoms with E-state index in [2.05, 4.69) is 20.3 Å². The van der Waals surface area contributed by atoms with E-state index >= 15 is 0 Å². The smallest absolute Gasteiger partial charge is 0.330 e. The molecule has 11 nitrogen and oxygen atoms in total. The van der Waals surface area contributed by atoms with Crippen LogP contribution in [0, 0.1) is 5.82 Å². The number of thioether (sulfide) groups is 1. The lowest BCUT2D eigenvalue weighted by molar-refractivity contribution is -0.130. The summed E-state index contributed by atoms with van der Waals surface area (Å²) in [6.07, 6.45) is 3.66. The zero-order chi connectivity index (χ0) is 27.1.